The molecule has 2 aromatic heterocycles. The van der Waals surface area contributed by atoms with Gasteiger partial charge in [-0.25, -0.2) is 14.6 Å². The zero-order valence-corrected chi connectivity index (χ0v) is 16.7. The average Bonchev–Trinajstić information content (AvgIpc) is 3.23. The molecule has 138 valence electrons. The molecule has 0 saturated heterocycles. The summed E-state index contributed by atoms with van der Waals surface area (Å²) in [7, 11) is 0. The lowest BCUT2D eigenvalue weighted by atomic mass is 10.1. The fourth-order valence-corrected chi connectivity index (χ4v) is 4.25. The normalized spacial score (nSPS) is 14.9. The molecule has 1 aromatic carbocycles. The number of amides is 2. The highest BCUT2D eigenvalue weighted by Gasteiger charge is 2.40. The van der Waals surface area contributed by atoms with E-state index in [1.54, 1.807) is 35.1 Å². The second kappa shape index (κ2) is 6.97. The third-order valence-electron chi connectivity index (χ3n) is 4.55. The molecule has 0 aliphatic carbocycles. The van der Waals surface area contributed by atoms with Crippen LogP contribution >= 0.6 is 23.5 Å². The van der Waals surface area contributed by atoms with Crippen molar-refractivity contribution >= 4 is 46.4 Å². The van der Waals surface area contributed by atoms with Gasteiger partial charge in [-0.05, 0) is 31.1 Å². The van der Waals surface area contributed by atoms with Crippen LogP contribution < -0.4 is 0 Å². The minimum absolute atomic E-state index is 0.296. The van der Waals surface area contributed by atoms with Crippen LogP contribution in [0.1, 0.15) is 40.2 Å². The van der Waals surface area contributed by atoms with Gasteiger partial charge in [0.1, 0.15) is 11.2 Å². The number of hydrogen-bond donors (Lipinski definition) is 0. The lowest BCUT2D eigenvalue weighted by molar-refractivity contribution is 0.0495. The molecule has 3 aromatic rings. The van der Waals surface area contributed by atoms with Crippen LogP contribution in [0.4, 0.5) is 0 Å². The lowest BCUT2D eigenvalue weighted by Crippen LogP contribution is -2.37. The second-order valence-corrected chi connectivity index (χ2v) is 7.53. The third-order valence-corrected chi connectivity index (χ3v) is 5.79. The van der Waals surface area contributed by atoms with E-state index in [4.69, 9.17) is 0 Å². The van der Waals surface area contributed by atoms with Crippen molar-refractivity contribution in [1.29, 1.82) is 0 Å². The molecular formula is C18H17N5O2S2. The van der Waals surface area contributed by atoms with E-state index in [0.29, 0.717) is 28.4 Å². The number of fused-ring (bicyclic) bond motifs is 2. The summed E-state index contributed by atoms with van der Waals surface area (Å²) in [5.74, 6) is -0.592. The maximum atomic E-state index is 12.9. The SMILES string of the molecule is CCC(N1C(=O)c2ccccc2C1=O)n1ncc2c(SC)nc(SC)nc21. The van der Waals surface area contributed by atoms with Gasteiger partial charge in [-0.15, -0.1) is 11.8 Å². The van der Waals surface area contributed by atoms with Gasteiger partial charge in [0.2, 0.25) is 0 Å². The van der Waals surface area contributed by atoms with E-state index < -0.39 is 6.17 Å². The van der Waals surface area contributed by atoms with Crippen molar-refractivity contribution in [1.82, 2.24) is 24.6 Å². The first-order chi connectivity index (χ1) is 13.1. The van der Waals surface area contributed by atoms with E-state index in [1.807, 2.05) is 19.4 Å². The van der Waals surface area contributed by atoms with Crippen LogP contribution in [-0.2, 0) is 0 Å². The van der Waals surface area contributed by atoms with Crippen LogP contribution in [0.3, 0.4) is 0 Å². The topological polar surface area (TPSA) is 81.0 Å². The average molecular weight is 400 g/mol. The molecule has 0 N–H and O–H groups in total. The van der Waals surface area contributed by atoms with Gasteiger partial charge >= 0.3 is 0 Å². The molecule has 0 bridgehead atoms. The summed E-state index contributed by atoms with van der Waals surface area (Å²) in [5.41, 5.74) is 1.49. The van der Waals surface area contributed by atoms with Crippen molar-refractivity contribution in [3.8, 4) is 0 Å². The van der Waals surface area contributed by atoms with Gasteiger partial charge in [0.15, 0.2) is 10.8 Å². The Kier molecular flexibility index (Phi) is 4.65. The summed E-state index contributed by atoms with van der Waals surface area (Å²) in [6.45, 7) is 1.92. The standard InChI is InChI=1S/C18H17N5O2S2/c1-4-13(22-16(24)10-7-5-6-8-11(10)17(22)25)23-14-12(9-19-23)15(26-2)21-18(20-14)27-3/h5-9,13H,4H2,1-3H3. The molecule has 1 atom stereocenters. The number of carbonyl (C=O) groups excluding carboxylic acids is 2. The fraction of sp³-hybridized carbons (Fsp3) is 0.278. The minimum atomic E-state index is -0.547. The Bertz CT molecular complexity index is 1030. The van der Waals surface area contributed by atoms with Crippen molar-refractivity contribution in [2.24, 2.45) is 0 Å². The Hall–Kier alpha value is -2.39. The Morgan fingerprint density at radius 3 is 2.26 bits per heavy atom. The Morgan fingerprint density at radius 1 is 1.04 bits per heavy atom. The summed E-state index contributed by atoms with van der Waals surface area (Å²) < 4.78 is 1.66. The highest BCUT2D eigenvalue weighted by molar-refractivity contribution is 7.99. The number of benzene rings is 1. The molecule has 7 nitrogen and oxygen atoms in total. The van der Waals surface area contributed by atoms with Crippen LogP contribution in [-0.4, -0.2) is 49.0 Å². The van der Waals surface area contributed by atoms with Crippen molar-refractivity contribution in [2.45, 2.75) is 29.7 Å². The molecule has 0 fully saturated rings. The van der Waals surface area contributed by atoms with Crippen LogP contribution in [0.15, 0.2) is 40.6 Å². The highest BCUT2D eigenvalue weighted by Crippen LogP contribution is 2.33. The van der Waals surface area contributed by atoms with Crippen molar-refractivity contribution in [3.63, 3.8) is 0 Å². The van der Waals surface area contributed by atoms with Gasteiger partial charge in [0.25, 0.3) is 11.8 Å². The van der Waals surface area contributed by atoms with Crippen molar-refractivity contribution in [2.75, 3.05) is 12.5 Å². The number of carbonyl (C=O) groups is 2. The lowest BCUT2D eigenvalue weighted by Gasteiger charge is -2.25. The largest absolute Gasteiger partial charge is 0.268 e. The smallest absolute Gasteiger partial charge is 0.263 e. The highest BCUT2D eigenvalue weighted by atomic mass is 32.2. The molecule has 1 unspecified atom stereocenters. The van der Waals surface area contributed by atoms with Crippen molar-refractivity contribution < 1.29 is 9.59 Å². The summed E-state index contributed by atoms with van der Waals surface area (Å²) >= 11 is 2.96. The zero-order chi connectivity index (χ0) is 19.1. The Balaban J connectivity index is 1.85. The van der Waals surface area contributed by atoms with Gasteiger partial charge in [-0.2, -0.15) is 5.10 Å². The molecule has 2 amide bonds. The Morgan fingerprint density at radius 2 is 1.70 bits per heavy atom. The summed E-state index contributed by atoms with van der Waals surface area (Å²) in [6, 6.07) is 6.90. The maximum Gasteiger partial charge on any atom is 0.263 e. The second-order valence-electron chi connectivity index (χ2n) is 5.96. The van der Waals surface area contributed by atoms with Gasteiger partial charge in [0.05, 0.1) is 22.7 Å². The fourth-order valence-electron chi connectivity index (χ4n) is 3.29. The van der Waals surface area contributed by atoms with E-state index in [1.165, 1.54) is 28.4 Å². The zero-order valence-electron chi connectivity index (χ0n) is 15.0. The van der Waals surface area contributed by atoms with Crippen LogP contribution in [0, 0.1) is 0 Å². The van der Waals surface area contributed by atoms with E-state index in [9.17, 15) is 9.59 Å². The molecule has 27 heavy (non-hydrogen) atoms. The minimum Gasteiger partial charge on any atom is -0.268 e. The van der Waals surface area contributed by atoms with E-state index in [0.717, 1.165) is 10.4 Å². The molecule has 1 aliphatic rings. The Labute approximate surface area is 164 Å². The van der Waals surface area contributed by atoms with E-state index in [2.05, 4.69) is 15.1 Å². The molecular weight excluding hydrogens is 382 g/mol. The first-order valence-electron chi connectivity index (χ1n) is 8.40. The molecule has 0 spiro atoms. The number of aromatic nitrogens is 4. The van der Waals surface area contributed by atoms with Gasteiger partial charge in [-0.1, -0.05) is 30.8 Å². The van der Waals surface area contributed by atoms with Gasteiger partial charge in [0, 0.05) is 0 Å². The third kappa shape index (κ3) is 2.72. The van der Waals surface area contributed by atoms with Crippen LogP contribution in [0.5, 0.6) is 0 Å². The maximum absolute atomic E-state index is 12.9. The monoisotopic (exact) mass is 399 g/mol. The quantitative estimate of drug-likeness (QED) is 0.281. The van der Waals surface area contributed by atoms with E-state index >= 15 is 0 Å². The van der Waals surface area contributed by atoms with Crippen LogP contribution in [0.25, 0.3) is 11.0 Å². The van der Waals surface area contributed by atoms with Crippen LogP contribution in [0.2, 0.25) is 0 Å². The first-order valence-corrected chi connectivity index (χ1v) is 10.9. The van der Waals surface area contributed by atoms with Gasteiger partial charge in [-0.3, -0.25) is 14.5 Å². The first kappa shape index (κ1) is 18.0. The molecule has 4 rings (SSSR count). The number of rotatable bonds is 5. The number of nitrogens with zero attached hydrogens (tertiary/aromatic N) is 5. The molecule has 0 saturated carbocycles. The summed E-state index contributed by atoms with van der Waals surface area (Å²) in [5, 5.41) is 6.74. The molecule has 0 radical (unpaired) electrons. The predicted octanol–water partition coefficient (Wildman–Crippen LogP) is 3.47. The summed E-state index contributed by atoms with van der Waals surface area (Å²) in [6.07, 6.45) is 5.54. The number of imide groups is 1. The van der Waals surface area contributed by atoms with Crippen molar-refractivity contribution in [3.05, 3.63) is 41.6 Å². The summed E-state index contributed by atoms with van der Waals surface area (Å²) in [4.78, 5) is 36.2. The predicted molar refractivity (Wildman–Crippen MR) is 105 cm³/mol. The molecule has 1 aliphatic heterocycles. The van der Waals surface area contributed by atoms with Gasteiger partial charge < -0.3 is 0 Å². The number of thioether (sulfide) groups is 2. The number of hydrogen-bond acceptors (Lipinski definition) is 7. The molecule has 3 heterocycles. The van der Waals surface area contributed by atoms with E-state index in [-0.39, 0.29) is 11.8 Å². The molecule has 9 heteroatoms.